The molecule has 4 aromatic carbocycles. The van der Waals surface area contributed by atoms with Crippen LogP contribution in [0.3, 0.4) is 0 Å². The monoisotopic (exact) mass is 516 g/mol. The molecule has 0 radical (unpaired) electrons. The fourth-order valence-electron chi connectivity index (χ4n) is 3.43. The van der Waals surface area contributed by atoms with Crippen LogP contribution in [0.4, 0.5) is 0 Å². The minimum absolute atomic E-state index is 0. The van der Waals surface area contributed by atoms with E-state index >= 15 is 0 Å². The molecule has 0 saturated carbocycles. The van der Waals surface area contributed by atoms with Crippen molar-refractivity contribution in [3.63, 3.8) is 0 Å². The molecule has 0 unspecified atom stereocenters. The van der Waals surface area contributed by atoms with Gasteiger partial charge in [-0.2, -0.15) is 17.7 Å². The Bertz CT molecular complexity index is 974. The molecule has 0 N–H and O–H groups in total. The van der Waals surface area contributed by atoms with Gasteiger partial charge in [0.1, 0.15) is 0 Å². The van der Waals surface area contributed by atoms with Gasteiger partial charge in [-0.05, 0) is 10.8 Å². The molecule has 3 heteroatoms. The Morgan fingerprint density at radius 1 is 0.667 bits per heavy atom. The summed E-state index contributed by atoms with van der Waals surface area (Å²) in [5.41, 5.74) is 4.56. The molecule has 0 spiro atoms. The Kier molecular flexibility index (Phi) is 10.8. The molecule has 0 bridgehead atoms. The molecule has 0 nitrogen and oxygen atoms in total. The molecule has 0 aliphatic heterocycles. The van der Waals surface area contributed by atoms with Gasteiger partial charge in [0.15, 0.2) is 0 Å². The van der Waals surface area contributed by atoms with Crippen LogP contribution in [0, 0.1) is 6.92 Å². The molecule has 0 amide bonds. The molecule has 158 valence electrons. The van der Waals surface area contributed by atoms with Crippen molar-refractivity contribution in [2.24, 2.45) is 0 Å². The standard InChI is InChI=1S/C21H25.C6H7.2ClH.Zr/c1-20(2,3)16-7-9-18-14(12-16)11-15-13-17(21(4,5)6)8-10-19(15)18;1-6-4-2-3-5-6;;;/h7-13H,1-6H3;2-5H,1H3;2*1H;/q2*-1;;;+4/p-2. The molecule has 0 aromatic heterocycles. The van der Waals surface area contributed by atoms with E-state index in [0.717, 1.165) is 0 Å². The SMILES string of the molecule is CC(C)(C)c1ccc2c(c1)[cH-]c1cc(C(C)(C)C)ccc12.C[c-]1cccc1.[Cl-].[Cl-].[Zr+4]. The largest absolute Gasteiger partial charge is 4.00 e. The molecule has 4 aromatic rings. The first-order valence-electron chi connectivity index (χ1n) is 9.88. The summed E-state index contributed by atoms with van der Waals surface area (Å²) in [6.45, 7) is 15.7. The Labute approximate surface area is 214 Å². The third kappa shape index (κ3) is 6.81. The van der Waals surface area contributed by atoms with Crippen LogP contribution in [0.15, 0.2) is 66.7 Å². The Morgan fingerprint density at radius 3 is 1.30 bits per heavy atom. The van der Waals surface area contributed by atoms with E-state index < -0.39 is 0 Å². The van der Waals surface area contributed by atoms with Crippen molar-refractivity contribution in [2.45, 2.75) is 59.3 Å². The average molecular weight is 519 g/mol. The van der Waals surface area contributed by atoms with Gasteiger partial charge in [-0.1, -0.05) is 83.9 Å². The maximum Gasteiger partial charge on any atom is 4.00 e. The van der Waals surface area contributed by atoms with Crippen molar-refractivity contribution in [1.82, 2.24) is 0 Å². The maximum absolute atomic E-state index is 2.35. The van der Waals surface area contributed by atoms with Gasteiger partial charge in [-0.15, -0.1) is 39.7 Å². The van der Waals surface area contributed by atoms with Crippen molar-refractivity contribution in [2.75, 3.05) is 0 Å². The molecule has 0 aliphatic rings. The number of rotatable bonds is 0. The predicted octanol–water partition coefficient (Wildman–Crippen LogP) is 2.03. The zero-order valence-corrected chi connectivity index (χ0v) is 23.1. The van der Waals surface area contributed by atoms with E-state index in [0.29, 0.717) is 0 Å². The second kappa shape index (κ2) is 11.1. The average Bonchev–Trinajstić information content (AvgIpc) is 3.18. The molecule has 30 heavy (non-hydrogen) atoms. The number of hydrogen-bond acceptors (Lipinski definition) is 0. The summed E-state index contributed by atoms with van der Waals surface area (Å²) >= 11 is 0. The van der Waals surface area contributed by atoms with Gasteiger partial charge >= 0.3 is 26.2 Å². The third-order valence-electron chi connectivity index (χ3n) is 5.27. The van der Waals surface area contributed by atoms with E-state index in [-0.39, 0.29) is 61.8 Å². The molecule has 0 saturated heterocycles. The summed E-state index contributed by atoms with van der Waals surface area (Å²) in [5.74, 6) is 0. The van der Waals surface area contributed by atoms with E-state index in [2.05, 4.69) is 103 Å². The quantitative estimate of drug-likeness (QED) is 0.313. The summed E-state index contributed by atoms with van der Waals surface area (Å²) in [6, 6.07) is 24.4. The molecule has 4 rings (SSSR count). The van der Waals surface area contributed by atoms with Crippen molar-refractivity contribution < 1.29 is 51.0 Å². The number of halogens is 2. The van der Waals surface area contributed by atoms with Crippen LogP contribution in [-0.2, 0) is 37.0 Å². The first-order chi connectivity index (χ1) is 12.6. The topological polar surface area (TPSA) is 0 Å². The van der Waals surface area contributed by atoms with Crippen molar-refractivity contribution in [3.05, 3.63) is 83.4 Å². The van der Waals surface area contributed by atoms with Gasteiger partial charge in [-0.25, -0.2) is 12.1 Å². The summed E-state index contributed by atoms with van der Waals surface area (Å²) in [7, 11) is 0. The van der Waals surface area contributed by atoms with Crippen LogP contribution < -0.4 is 24.8 Å². The molecular weight excluding hydrogens is 486 g/mol. The van der Waals surface area contributed by atoms with E-state index in [4.69, 9.17) is 0 Å². The number of benzene rings is 2. The van der Waals surface area contributed by atoms with Crippen LogP contribution in [-0.4, -0.2) is 0 Å². The fourth-order valence-corrected chi connectivity index (χ4v) is 3.43. The van der Waals surface area contributed by atoms with Crippen molar-refractivity contribution >= 4 is 21.5 Å². The Morgan fingerprint density at radius 2 is 1.03 bits per heavy atom. The normalized spacial score (nSPS) is 11.0. The second-order valence-electron chi connectivity index (χ2n) is 9.71. The van der Waals surface area contributed by atoms with Gasteiger partial charge in [0.05, 0.1) is 0 Å². The third-order valence-corrected chi connectivity index (χ3v) is 5.27. The van der Waals surface area contributed by atoms with Crippen LogP contribution in [0.25, 0.3) is 21.5 Å². The van der Waals surface area contributed by atoms with E-state index in [1.54, 1.807) is 0 Å². The zero-order chi connectivity index (χ0) is 19.8. The Balaban J connectivity index is 0.000000814. The van der Waals surface area contributed by atoms with E-state index in [1.807, 2.05) is 12.1 Å². The fraction of sp³-hybridized carbons (Fsp3) is 0.333. The summed E-state index contributed by atoms with van der Waals surface area (Å²) in [6.07, 6.45) is 0. The number of fused-ring (bicyclic) bond motifs is 3. The van der Waals surface area contributed by atoms with E-state index in [1.165, 1.54) is 38.2 Å². The van der Waals surface area contributed by atoms with Gasteiger partial charge in [-0.3, -0.25) is 0 Å². The predicted molar refractivity (Wildman–Crippen MR) is 121 cm³/mol. The van der Waals surface area contributed by atoms with Gasteiger partial charge in [0.25, 0.3) is 0 Å². The minimum Gasteiger partial charge on any atom is -1.00 e. The first-order valence-corrected chi connectivity index (χ1v) is 9.88. The molecular formula is C27H32Cl2Zr. The van der Waals surface area contributed by atoms with Gasteiger partial charge < -0.3 is 24.8 Å². The minimum atomic E-state index is 0. The molecule has 0 heterocycles. The Hall–Kier alpha value is -0.877. The smallest absolute Gasteiger partial charge is 1.00 e. The first kappa shape index (κ1) is 29.1. The van der Waals surface area contributed by atoms with Crippen LogP contribution in [0.1, 0.15) is 58.2 Å². The summed E-state index contributed by atoms with van der Waals surface area (Å²) in [5, 5.41) is 5.48. The van der Waals surface area contributed by atoms with Gasteiger partial charge in [0, 0.05) is 0 Å². The number of hydrogen-bond donors (Lipinski definition) is 0. The second-order valence-corrected chi connectivity index (χ2v) is 9.71. The zero-order valence-electron chi connectivity index (χ0n) is 19.1. The maximum atomic E-state index is 2.35. The molecule has 0 atom stereocenters. The van der Waals surface area contributed by atoms with E-state index in [9.17, 15) is 0 Å². The molecule has 0 fully saturated rings. The summed E-state index contributed by atoms with van der Waals surface area (Å²) < 4.78 is 0. The summed E-state index contributed by atoms with van der Waals surface area (Å²) in [4.78, 5) is 0. The van der Waals surface area contributed by atoms with Crippen LogP contribution in [0.2, 0.25) is 0 Å². The molecule has 0 aliphatic carbocycles. The van der Waals surface area contributed by atoms with Gasteiger partial charge in [0.2, 0.25) is 0 Å². The van der Waals surface area contributed by atoms with Crippen molar-refractivity contribution in [3.8, 4) is 0 Å². The van der Waals surface area contributed by atoms with Crippen LogP contribution in [0.5, 0.6) is 0 Å². The van der Waals surface area contributed by atoms with Crippen LogP contribution >= 0.6 is 0 Å². The van der Waals surface area contributed by atoms with Crippen molar-refractivity contribution in [1.29, 1.82) is 0 Å². The number of aryl methyl sites for hydroxylation is 1.